The zero-order valence-electron chi connectivity index (χ0n) is 12.1. The molecule has 0 unspecified atom stereocenters. The molecule has 1 N–H and O–H groups in total. The van der Waals surface area contributed by atoms with Gasteiger partial charge in [0.15, 0.2) is 5.82 Å². The Hall–Kier alpha value is -1.40. The lowest BCUT2D eigenvalue weighted by molar-refractivity contribution is -0.115. The molecule has 0 spiro atoms. The molecule has 0 saturated heterocycles. The van der Waals surface area contributed by atoms with E-state index in [1.165, 1.54) is 10.5 Å². The molecule has 1 heterocycles. The minimum Gasteiger partial charge on any atom is -0.360 e. The van der Waals surface area contributed by atoms with Gasteiger partial charge in [-0.3, -0.25) is 4.79 Å². The van der Waals surface area contributed by atoms with E-state index in [2.05, 4.69) is 41.0 Å². The SMILES string of the molecule is CSc1ccc(CSCCC(=O)Nc2cc(C)on2)cc1. The highest BCUT2D eigenvalue weighted by atomic mass is 32.2. The second-order valence-corrected chi connectivity index (χ2v) is 6.51. The van der Waals surface area contributed by atoms with Gasteiger partial charge in [-0.2, -0.15) is 11.8 Å². The van der Waals surface area contributed by atoms with Crippen LogP contribution in [-0.4, -0.2) is 23.1 Å². The lowest BCUT2D eigenvalue weighted by Gasteiger charge is -2.03. The van der Waals surface area contributed by atoms with E-state index in [4.69, 9.17) is 4.52 Å². The molecule has 6 heteroatoms. The van der Waals surface area contributed by atoms with Crippen molar-refractivity contribution < 1.29 is 9.32 Å². The van der Waals surface area contributed by atoms with Crippen molar-refractivity contribution >= 4 is 35.2 Å². The Morgan fingerprint density at radius 3 is 2.71 bits per heavy atom. The lowest BCUT2D eigenvalue weighted by atomic mass is 10.2. The van der Waals surface area contributed by atoms with E-state index >= 15 is 0 Å². The van der Waals surface area contributed by atoms with Crippen LogP contribution in [0.5, 0.6) is 0 Å². The zero-order chi connectivity index (χ0) is 15.1. The number of rotatable bonds is 7. The quantitative estimate of drug-likeness (QED) is 0.617. The summed E-state index contributed by atoms with van der Waals surface area (Å²) in [4.78, 5) is 13.0. The predicted octanol–water partition coefficient (Wildman–Crippen LogP) is 3.97. The van der Waals surface area contributed by atoms with Crippen LogP contribution in [-0.2, 0) is 10.5 Å². The third-order valence-electron chi connectivity index (χ3n) is 2.80. The molecule has 2 aromatic rings. The van der Waals surface area contributed by atoms with Gasteiger partial charge in [0.25, 0.3) is 0 Å². The Balaban J connectivity index is 1.65. The number of nitrogens with zero attached hydrogens (tertiary/aromatic N) is 1. The van der Waals surface area contributed by atoms with Crippen LogP contribution in [0.25, 0.3) is 0 Å². The summed E-state index contributed by atoms with van der Waals surface area (Å²) in [5, 5.41) is 6.45. The summed E-state index contributed by atoms with van der Waals surface area (Å²) in [5.41, 5.74) is 1.28. The summed E-state index contributed by atoms with van der Waals surface area (Å²) in [7, 11) is 0. The molecule has 0 aliphatic rings. The van der Waals surface area contributed by atoms with Gasteiger partial charge in [0.05, 0.1) is 0 Å². The van der Waals surface area contributed by atoms with Crippen LogP contribution in [0.1, 0.15) is 17.7 Å². The van der Waals surface area contributed by atoms with Crippen molar-refractivity contribution in [3.63, 3.8) is 0 Å². The number of aromatic nitrogens is 1. The van der Waals surface area contributed by atoms with Gasteiger partial charge in [0.2, 0.25) is 5.91 Å². The largest absolute Gasteiger partial charge is 0.360 e. The van der Waals surface area contributed by atoms with Crippen molar-refractivity contribution in [2.45, 2.75) is 24.0 Å². The summed E-state index contributed by atoms with van der Waals surface area (Å²) < 4.78 is 4.90. The number of nitrogens with one attached hydrogen (secondary N) is 1. The molecule has 0 aliphatic heterocycles. The standard InChI is InChI=1S/C15H18N2O2S2/c1-11-9-14(17-19-11)16-15(18)7-8-21-10-12-3-5-13(20-2)6-4-12/h3-6,9H,7-8,10H2,1-2H3,(H,16,17,18). The highest BCUT2D eigenvalue weighted by molar-refractivity contribution is 7.98. The average Bonchev–Trinajstić information content (AvgIpc) is 2.89. The third-order valence-corrected chi connectivity index (χ3v) is 4.57. The molecule has 21 heavy (non-hydrogen) atoms. The molecule has 0 saturated carbocycles. The Morgan fingerprint density at radius 2 is 2.10 bits per heavy atom. The van der Waals surface area contributed by atoms with Crippen LogP contribution in [0.4, 0.5) is 5.82 Å². The summed E-state index contributed by atoms with van der Waals surface area (Å²) in [5.74, 6) is 2.84. The molecule has 112 valence electrons. The summed E-state index contributed by atoms with van der Waals surface area (Å²) in [6.45, 7) is 1.79. The monoisotopic (exact) mass is 322 g/mol. The molecule has 0 fully saturated rings. The highest BCUT2D eigenvalue weighted by Gasteiger charge is 2.06. The number of anilines is 1. The summed E-state index contributed by atoms with van der Waals surface area (Å²) in [6, 6.07) is 10.2. The smallest absolute Gasteiger partial charge is 0.226 e. The molecule has 1 amide bonds. The lowest BCUT2D eigenvalue weighted by Crippen LogP contribution is -2.12. The number of benzene rings is 1. The van der Waals surface area contributed by atoms with Crippen LogP contribution in [0, 0.1) is 6.92 Å². The minimum absolute atomic E-state index is 0.0338. The normalized spacial score (nSPS) is 10.6. The van der Waals surface area contributed by atoms with Crippen molar-refractivity contribution in [1.29, 1.82) is 0 Å². The fourth-order valence-corrected chi connectivity index (χ4v) is 3.02. The van der Waals surface area contributed by atoms with Gasteiger partial charge in [0.1, 0.15) is 5.76 Å². The topological polar surface area (TPSA) is 55.1 Å². The van der Waals surface area contributed by atoms with Crippen LogP contribution in [0.2, 0.25) is 0 Å². The van der Waals surface area contributed by atoms with Crippen molar-refractivity contribution in [3.8, 4) is 0 Å². The van der Waals surface area contributed by atoms with E-state index in [0.29, 0.717) is 18.0 Å². The second-order valence-electron chi connectivity index (χ2n) is 4.52. The van der Waals surface area contributed by atoms with Gasteiger partial charge in [-0.25, -0.2) is 0 Å². The first kappa shape index (κ1) is 16.0. The first-order valence-electron chi connectivity index (χ1n) is 6.61. The Kier molecular flexibility index (Phi) is 6.20. The van der Waals surface area contributed by atoms with E-state index in [0.717, 1.165) is 11.5 Å². The van der Waals surface area contributed by atoms with Gasteiger partial charge in [-0.15, -0.1) is 11.8 Å². The predicted molar refractivity (Wildman–Crippen MR) is 88.9 cm³/mol. The number of carbonyl (C=O) groups excluding carboxylic acids is 1. The van der Waals surface area contributed by atoms with Gasteiger partial charge >= 0.3 is 0 Å². The number of amides is 1. The first-order valence-corrected chi connectivity index (χ1v) is 8.99. The van der Waals surface area contributed by atoms with Crippen LogP contribution in [0.3, 0.4) is 0 Å². The van der Waals surface area contributed by atoms with E-state index in [1.807, 2.05) is 0 Å². The highest BCUT2D eigenvalue weighted by Crippen LogP contribution is 2.18. The molecular formula is C15H18N2O2S2. The molecule has 0 radical (unpaired) electrons. The molecule has 4 nitrogen and oxygen atoms in total. The van der Waals surface area contributed by atoms with E-state index in [9.17, 15) is 4.79 Å². The summed E-state index contributed by atoms with van der Waals surface area (Å²) in [6.07, 6.45) is 2.54. The van der Waals surface area contributed by atoms with Crippen LogP contribution in [0.15, 0.2) is 39.8 Å². The summed E-state index contributed by atoms with van der Waals surface area (Å²) >= 11 is 3.49. The Morgan fingerprint density at radius 1 is 1.33 bits per heavy atom. The van der Waals surface area contributed by atoms with Crippen molar-refractivity contribution in [3.05, 3.63) is 41.7 Å². The fraction of sp³-hybridized carbons (Fsp3) is 0.333. The minimum atomic E-state index is -0.0338. The molecule has 0 aliphatic carbocycles. The molecule has 0 bridgehead atoms. The van der Waals surface area contributed by atoms with E-state index in [-0.39, 0.29) is 5.91 Å². The van der Waals surface area contributed by atoms with Gasteiger partial charge in [0, 0.05) is 28.9 Å². The van der Waals surface area contributed by atoms with Crippen molar-refractivity contribution in [2.24, 2.45) is 0 Å². The molecule has 1 aromatic carbocycles. The maximum Gasteiger partial charge on any atom is 0.226 e. The van der Waals surface area contributed by atoms with E-state index < -0.39 is 0 Å². The van der Waals surface area contributed by atoms with E-state index in [1.54, 1.807) is 36.5 Å². The molecule has 0 atom stereocenters. The molecule has 2 rings (SSSR count). The van der Waals surface area contributed by atoms with Gasteiger partial charge in [-0.1, -0.05) is 17.3 Å². The average molecular weight is 322 g/mol. The maximum atomic E-state index is 11.7. The van der Waals surface area contributed by atoms with Crippen LogP contribution >= 0.6 is 23.5 Å². The van der Waals surface area contributed by atoms with Crippen LogP contribution < -0.4 is 5.32 Å². The maximum absolute atomic E-state index is 11.7. The fourth-order valence-electron chi connectivity index (χ4n) is 1.71. The van der Waals surface area contributed by atoms with Crippen molar-refractivity contribution in [2.75, 3.05) is 17.3 Å². The van der Waals surface area contributed by atoms with Gasteiger partial charge < -0.3 is 9.84 Å². The number of carbonyl (C=O) groups is 1. The Bertz CT molecular complexity index is 582. The number of aryl methyl sites for hydroxylation is 1. The second kappa shape index (κ2) is 8.14. The number of hydrogen-bond acceptors (Lipinski definition) is 5. The van der Waals surface area contributed by atoms with Crippen molar-refractivity contribution in [1.82, 2.24) is 5.16 Å². The first-order chi connectivity index (χ1) is 10.2. The Labute approximate surface area is 133 Å². The zero-order valence-corrected chi connectivity index (χ0v) is 13.7. The number of thioether (sulfide) groups is 2. The third kappa shape index (κ3) is 5.47. The molecule has 1 aromatic heterocycles. The van der Waals surface area contributed by atoms with Gasteiger partial charge in [-0.05, 0) is 30.9 Å². The number of hydrogen-bond donors (Lipinski definition) is 1. The molecular weight excluding hydrogens is 304 g/mol.